The van der Waals surface area contributed by atoms with E-state index in [2.05, 4.69) is 41.8 Å². The van der Waals surface area contributed by atoms with Crippen molar-refractivity contribution in [2.75, 3.05) is 0 Å². The molecule has 0 bridgehead atoms. The van der Waals surface area contributed by atoms with Crippen molar-refractivity contribution >= 4 is 31.9 Å². The van der Waals surface area contributed by atoms with Gasteiger partial charge in [-0.3, -0.25) is 4.79 Å². The van der Waals surface area contributed by atoms with Crippen LogP contribution in [0.25, 0.3) is 0 Å². The molecular formula is C13H12Br2N2O. The van der Waals surface area contributed by atoms with E-state index in [1.807, 2.05) is 31.2 Å². The highest BCUT2D eigenvalue weighted by Gasteiger charge is 2.08. The number of hydrogen-bond acceptors (Lipinski definition) is 2. The van der Waals surface area contributed by atoms with Gasteiger partial charge in [-0.2, -0.15) is 0 Å². The fourth-order valence-corrected chi connectivity index (χ4v) is 2.59. The van der Waals surface area contributed by atoms with E-state index in [1.54, 1.807) is 0 Å². The molecule has 1 aromatic carbocycles. The quantitative estimate of drug-likeness (QED) is 0.898. The predicted octanol–water partition coefficient (Wildman–Crippen LogP) is 3.45. The van der Waals surface area contributed by atoms with Crippen LogP contribution in [0.1, 0.15) is 24.0 Å². The lowest BCUT2D eigenvalue weighted by atomic mass is 10.1. The molecule has 1 heterocycles. The third-order valence-electron chi connectivity index (χ3n) is 2.63. The Morgan fingerprint density at radius 3 is 2.67 bits per heavy atom. The summed E-state index contributed by atoms with van der Waals surface area (Å²) in [5.74, 6) is 0.687. The average Bonchev–Trinajstić information content (AvgIpc) is 2.36. The van der Waals surface area contributed by atoms with Crippen LogP contribution in [-0.2, 0) is 12.8 Å². The smallest absolute Gasteiger partial charge is 0.265 e. The van der Waals surface area contributed by atoms with Gasteiger partial charge in [0.05, 0.1) is 5.69 Å². The number of aryl methyl sites for hydroxylation is 1. The van der Waals surface area contributed by atoms with Crippen molar-refractivity contribution in [3.05, 3.63) is 60.6 Å². The Morgan fingerprint density at radius 1 is 1.28 bits per heavy atom. The molecule has 1 aromatic heterocycles. The Hall–Kier alpha value is -0.940. The zero-order valence-corrected chi connectivity index (χ0v) is 13.0. The van der Waals surface area contributed by atoms with Crippen LogP contribution in [0.3, 0.4) is 0 Å². The molecule has 0 fully saturated rings. The van der Waals surface area contributed by atoms with Gasteiger partial charge < -0.3 is 4.98 Å². The van der Waals surface area contributed by atoms with E-state index in [9.17, 15) is 4.79 Å². The first kappa shape index (κ1) is 13.5. The van der Waals surface area contributed by atoms with Gasteiger partial charge in [-0.05, 0) is 34.0 Å². The summed E-state index contributed by atoms with van der Waals surface area (Å²) in [6, 6.07) is 7.92. The maximum atomic E-state index is 11.7. The molecule has 0 spiro atoms. The van der Waals surface area contributed by atoms with Gasteiger partial charge in [0.1, 0.15) is 10.3 Å². The molecule has 0 saturated heterocycles. The molecule has 18 heavy (non-hydrogen) atoms. The lowest BCUT2D eigenvalue weighted by Gasteiger charge is -2.06. The summed E-state index contributed by atoms with van der Waals surface area (Å²) in [6.07, 6.45) is 1.34. The summed E-state index contributed by atoms with van der Waals surface area (Å²) in [7, 11) is 0. The molecule has 0 unspecified atom stereocenters. The molecule has 0 radical (unpaired) electrons. The Labute approximate surface area is 122 Å². The Morgan fingerprint density at radius 2 is 2.00 bits per heavy atom. The highest BCUT2D eigenvalue weighted by Crippen LogP contribution is 2.18. The van der Waals surface area contributed by atoms with Crippen LogP contribution in [0, 0.1) is 0 Å². The van der Waals surface area contributed by atoms with Crippen LogP contribution in [0.2, 0.25) is 0 Å². The largest absolute Gasteiger partial charge is 0.309 e. The van der Waals surface area contributed by atoms with Gasteiger partial charge >= 0.3 is 0 Å². The monoisotopic (exact) mass is 370 g/mol. The normalized spacial score (nSPS) is 10.6. The minimum absolute atomic E-state index is 0.121. The zero-order valence-electron chi connectivity index (χ0n) is 9.84. The third-order valence-corrected chi connectivity index (χ3v) is 4.22. The van der Waals surface area contributed by atoms with Crippen molar-refractivity contribution in [3.63, 3.8) is 0 Å². The summed E-state index contributed by atoms with van der Waals surface area (Å²) in [5.41, 5.74) is 1.77. The molecule has 0 atom stereocenters. The van der Waals surface area contributed by atoms with E-state index in [1.165, 1.54) is 0 Å². The van der Waals surface area contributed by atoms with Crippen molar-refractivity contribution < 1.29 is 0 Å². The SMILES string of the molecule is CCc1nc(Cc2ccccc2Br)[nH]c(=O)c1Br. The summed E-state index contributed by atoms with van der Waals surface area (Å²) in [6.45, 7) is 1.98. The van der Waals surface area contributed by atoms with Gasteiger partial charge in [-0.15, -0.1) is 0 Å². The van der Waals surface area contributed by atoms with E-state index in [0.717, 1.165) is 22.2 Å². The number of hydrogen-bond donors (Lipinski definition) is 1. The minimum Gasteiger partial charge on any atom is -0.309 e. The number of benzene rings is 1. The first-order valence-corrected chi connectivity index (χ1v) is 7.21. The maximum Gasteiger partial charge on any atom is 0.265 e. The molecule has 0 amide bonds. The summed E-state index contributed by atoms with van der Waals surface area (Å²) < 4.78 is 1.55. The molecule has 0 aliphatic rings. The van der Waals surface area contributed by atoms with Crippen molar-refractivity contribution in [3.8, 4) is 0 Å². The van der Waals surface area contributed by atoms with Gasteiger partial charge in [0.2, 0.25) is 0 Å². The molecular weight excluding hydrogens is 360 g/mol. The number of aromatic nitrogens is 2. The van der Waals surface area contributed by atoms with Gasteiger partial charge in [-0.25, -0.2) is 4.98 Å². The molecule has 2 rings (SSSR count). The fourth-order valence-electron chi connectivity index (χ4n) is 1.70. The summed E-state index contributed by atoms with van der Waals surface area (Å²) in [5, 5.41) is 0. The number of nitrogens with one attached hydrogen (secondary N) is 1. The van der Waals surface area contributed by atoms with Crippen LogP contribution in [0.4, 0.5) is 0 Å². The number of halogens is 2. The van der Waals surface area contributed by atoms with E-state index in [4.69, 9.17) is 0 Å². The van der Waals surface area contributed by atoms with Crippen LogP contribution in [0.5, 0.6) is 0 Å². The molecule has 5 heteroatoms. The van der Waals surface area contributed by atoms with Crippen LogP contribution >= 0.6 is 31.9 Å². The lowest BCUT2D eigenvalue weighted by Crippen LogP contribution is -2.15. The Bertz CT molecular complexity index is 623. The number of rotatable bonds is 3. The number of nitrogens with zero attached hydrogens (tertiary/aromatic N) is 1. The average molecular weight is 372 g/mol. The fraction of sp³-hybridized carbons (Fsp3) is 0.231. The highest BCUT2D eigenvalue weighted by atomic mass is 79.9. The van der Waals surface area contributed by atoms with Crippen molar-refractivity contribution in [1.82, 2.24) is 9.97 Å². The number of aromatic amines is 1. The molecule has 1 N–H and O–H groups in total. The zero-order chi connectivity index (χ0) is 13.1. The first-order valence-electron chi connectivity index (χ1n) is 5.62. The molecule has 0 aliphatic carbocycles. The summed E-state index contributed by atoms with van der Waals surface area (Å²) in [4.78, 5) is 19.0. The Kier molecular flexibility index (Phi) is 4.35. The third kappa shape index (κ3) is 2.90. The van der Waals surface area contributed by atoms with E-state index >= 15 is 0 Å². The second-order valence-electron chi connectivity index (χ2n) is 3.90. The van der Waals surface area contributed by atoms with Crippen LogP contribution in [-0.4, -0.2) is 9.97 Å². The topological polar surface area (TPSA) is 45.8 Å². The van der Waals surface area contributed by atoms with Gasteiger partial charge in [-0.1, -0.05) is 41.1 Å². The molecule has 0 aliphatic heterocycles. The van der Waals surface area contributed by atoms with Crippen molar-refractivity contribution in [2.24, 2.45) is 0 Å². The van der Waals surface area contributed by atoms with Gasteiger partial charge in [0.15, 0.2) is 0 Å². The number of H-pyrrole nitrogens is 1. The second-order valence-corrected chi connectivity index (χ2v) is 5.54. The standard InChI is InChI=1S/C13H12Br2N2O/c1-2-10-12(15)13(18)17-11(16-10)7-8-5-3-4-6-9(8)14/h3-6H,2,7H2,1H3,(H,16,17,18). The molecule has 2 aromatic rings. The maximum absolute atomic E-state index is 11.7. The lowest BCUT2D eigenvalue weighted by molar-refractivity contribution is 0.875. The van der Waals surface area contributed by atoms with Crippen molar-refractivity contribution in [2.45, 2.75) is 19.8 Å². The van der Waals surface area contributed by atoms with E-state index in [0.29, 0.717) is 16.7 Å². The van der Waals surface area contributed by atoms with Crippen molar-refractivity contribution in [1.29, 1.82) is 0 Å². The summed E-state index contributed by atoms with van der Waals surface area (Å²) >= 11 is 6.75. The van der Waals surface area contributed by atoms with Crippen LogP contribution in [0.15, 0.2) is 38.0 Å². The first-order chi connectivity index (χ1) is 8.61. The van der Waals surface area contributed by atoms with Crippen LogP contribution < -0.4 is 5.56 Å². The molecule has 94 valence electrons. The predicted molar refractivity (Wildman–Crippen MR) is 78.9 cm³/mol. The van der Waals surface area contributed by atoms with E-state index < -0.39 is 0 Å². The minimum atomic E-state index is -0.121. The van der Waals surface area contributed by atoms with Gasteiger partial charge in [0.25, 0.3) is 5.56 Å². The van der Waals surface area contributed by atoms with E-state index in [-0.39, 0.29) is 5.56 Å². The van der Waals surface area contributed by atoms with Gasteiger partial charge in [0, 0.05) is 10.9 Å². The second kappa shape index (κ2) is 5.80. The Balaban J connectivity index is 2.39. The molecule has 0 saturated carbocycles. The molecule has 3 nitrogen and oxygen atoms in total. The highest BCUT2D eigenvalue weighted by molar-refractivity contribution is 9.10.